The molecule has 37 heavy (non-hydrogen) atoms. The van der Waals surface area contributed by atoms with Crippen molar-refractivity contribution in [3.05, 3.63) is 86.9 Å². The van der Waals surface area contributed by atoms with E-state index in [0.29, 0.717) is 54.4 Å². The summed E-state index contributed by atoms with van der Waals surface area (Å²) in [6.45, 7) is 1.84. The molecule has 7 nitrogen and oxygen atoms in total. The average molecular weight is 576 g/mol. The lowest BCUT2D eigenvalue weighted by atomic mass is 9.94. The zero-order chi connectivity index (χ0) is 26.2. The van der Waals surface area contributed by atoms with E-state index in [2.05, 4.69) is 20.4 Å². The second-order valence-electron chi connectivity index (χ2n) is 8.67. The van der Waals surface area contributed by atoms with Crippen LogP contribution < -0.4 is 5.32 Å². The average Bonchev–Trinajstić information content (AvgIpc) is 3.50. The molecule has 190 valence electrons. The van der Waals surface area contributed by atoms with E-state index >= 15 is 0 Å². The Bertz CT molecular complexity index is 1420. The highest BCUT2D eigenvalue weighted by Gasteiger charge is 2.52. The maximum atomic E-state index is 12.6. The first-order valence-corrected chi connectivity index (χ1v) is 14.0. The molecule has 4 aromatic rings. The standard InChI is InChI=1S/C26H21Cl3N4O3S/c1-2-37(35)19-8-7-17(30-14-19)13-22(34)31-18-11-20(28)23(21(29)12-18)26(9-10-26)25-32-24(36-33-25)15-3-5-16(27)6-4-15/h3-8,11-12,14H,2,9-10,13H2,1H3,(H,31,34). The molecule has 0 saturated heterocycles. The van der Waals surface area contributed by atoms with Crippen LogP contribution in [0.5, 0.6) is 0 Å². The Hall–Kier alpha value is -2.62. The minimum absolute atomic E-state index is 0.0519. The van der Waals surface area contributed by atoms with Gasteiger partial charge in [0.25, 0.3) is 5.89 Å². The molecule has 11 heteroatoms. The van der Waals surface area contributed by atoms with Gasteiger partial charge in [0.1, 0.15) is 5.75 Å². The Morgan fingerprint density at radius 1 is 1.11 bits per heavy atom. The minimum atomic E-state index is -1.09. The van der Waals surface area contributed by atoms with E-state index in [0.717, 1.165) is 18.4 Å². The van der Waals surface area contributed by atoms with Gasteiger partial charge in [0.15, 0.2) is 10.7 Å². The summed E-state index contributed by atoms with van der Waals surface area (Å²) in [5.74, 6) is 1.13. The van der Waals surface area contributed by atoms with Gasteiger partial charge in [-0.3, -0.25) is 9.78 Å². The first-order chi connectivity index (χ1) is 17.8. The SMILES string of the molecule is CC[S+]([O-])c1ccc(CC(=O)Nc2cc(Cl)c(C3(c4noc(-c5ccc(Cl)cc5)n4)CC3)c(Cl)c2)nc1. The van der Waals surface area contributed by atoms with Crippen molar-refractivity contribution in [3.8, 4) is 11.5 Å². The van der Waals surface area contributed by atoms with Crippen LogP contribution in [0.1, 0.15) is 36.8 Å². The van der Waals surface area contributed by atoms with Crippen LogP contribution in [0, 0.1) is 0 Å². The van der Waals surface area contributed by atoms with Gasteiger partial charge in [0.2, 0.25) is 5.91 Å². The fraction of sp³-hybridized carbons (Fsp3) is 0.231. The quantitative estimate of drug-likeness (QED) is 0.241. The molecule has 5 rings (SSSR count). The summed E-state index contributed by atoms with van der Waals surface area (Å²) in [6.07, 6.45) is 3.12. The number of anilines is 1. The van der Waals surface area contributed by atoms with E-state index in [-0.39, 0.29) is 12.3 Å². The van der Waals surface area contributed by atoms with Crippen LogP contribution in [0.3, 0.4) is 0 Å². The van der Waals surface area contributed by atoms with Crippen molar-refractivity contribution in [2.75, 3.05) is 11.1 Å². The number of aromatic nitrogens is 3. The summed E-state index contributed by atoms with van der Waals surface area (Å²) in [5, 5.41) is 8.46. The molecule has 1 aliphatic rings. The van der Waals surface area contributed by atoms with E-state index < -0.39 is 16.6 Å². The van der Waals surface area contributed by atoms with E-state index in [1.54, 1.807) is 36.4 Å². The van der Waals surface area contributed by atoms with Crippen LogP contribution >= 0.6 is 34.8 Å². The van der Waals surface area contributed by atoms with Gasteiger partial charge in [-0.1, -0.05) is 40.0 Å². The van der Waals surface area contributed by atoms with Crippen molar-refractivity contribution in [2.45, 2.75) is 36.5 Å². The number of nitrogens with one attached hydrogen (secondary N) is 1. The summed E-state index contributed by atoms with van der Waals surface area (Å²) < 4.78 is 17.4. The Kier molecular flexibility index (Phi) is 7.47. The van der Waals surface area contributed by atoms with Crippen LogP contribution in [-0.2, 0) is 27.8 Å². The van der Waals surface area contributed by atoms with Gasteiger partial charge in [0.05, 0.1) is 23.7 Å². The molecule has 0 bridgehead atoms. The summed E-state index contributed by atoms with van der Waals surface area (Å²) >= 11 is 18.2. The Morgan fingerprint density at radius 3 is 2.41 bits per heavy atom. The topological polar surface area (TPSA) is 104 Å². The van der Waals surface area contributed by atoms with E-state index in [9.17, 15) is 9.35 Å². The van der Waals surface area contributed by atoms with Crippen LogP contribution in [-0.4, -0.2) is 31.3 Å². The number of benzene rings is 2. The van der Waals surface area contributed by atoms with Gasteiger partial charge in [-0.25, -0.2) is 0 Å². The zero-order valence-electron chi connectivity index (χ0n) is 19.6. The van der Waals surface area contributed by atoms with E-state index in [1.165, 1.54) is 6.20 Å². The van der Waals surface area contributed by atoms with Crippen LogP contribution in [0.4, 0.5) is 5.69 Å². The van der Waals surface area contributed by atoms with Crippen molar-refractivity contribution in [1.82, 2.24) is 15.1 Å². The van der Waals surface area contributed by atoms with Gasteiger partial charge >= 0.3 is 0 Å². The molecule has 1 atom stereocenters. The van der Waals surface area contributed by atoms with Crippen LogP contribution in [0.25, 0.3) is 11.5 Å². The number of rotatable bonds is 8. The number of amides is 1. The normalized spacial score (nSPS) is 14.8. The molecule has 2 aromatic heterocycles. The van der Waals surface area contributed by atoms with Crippen molar-refractivity contribution in [1.29, 1.82) is 0 Å². The highest BCUT2D eigenvalue weighted by Crippen LogP contribution is 2.57. The third-order valence-corrected chi connectivity index (χ3v) is 8.30. The van der Waals surface area contributed by atoms with Crippen molar-refractivity contribution < 1.29 is 13.9 Å². The van der Waals surface area contributed by atoms with Crippen molar-refractivity contribution in [2.24, 2.45) is 0 Å². The van der Waals surface area contributed by atoms with Crippen LogP contribution in [0.2, 0.25) is 15.1 Å². The summed E-state index contributed by atoms with van der Waals surface area (Å²) in [7, 11) is 0. The molecule has 1 unspecified atom stereocenters. The molecule has 2 heterocycles. The number of halogens is 3. The molecule has 1 saturated carbocycles. The Balaban J connectivity index is 1.32. The fourth-order valence-corrected chi connectivity index (χ4v) is 5.83. The Morgan fingerprint density at radius 2 is 1.81 bits per heavy atom. The van der Waals surface area contributed by atoms with Gasteiger partial charge in [-0.05, 0) is 79.5 Å². The number of hydrogen-bond acceptors (Lipinski definition) is 6. The number of carbonyl (C=O) groups excluding carboxylic acids is 1. The van der Waals surface area contributed by atoms with E-state index in [1.807, 2.05) is 19.1 Å². The monoisotopic (exact) mass is 574 g/mol. The van der Waals surface area contributed by atoms with Gasteiger partial charge in [-0.15, -0.1) is 0 Å². The highest BCUT2D eigenvalue weighted by molar-refractivity contribution is 7.91. The molecule has 1 N–H and O–H groups in total. The van der Waals surface area contributed by atoms with Gasteiger partial charge < -0.3 is 14.4 Å². The van der Waals surface area contributed by atoms with Gasteiger partial charge in [-0.2, -0.15) is 4.98 Å². The maximum Gasteiger partial charge on any atom is 0.257 e. The maximum absolute atomic E-state index is 12.6. The molecule has 1 fully saturated rings. The van der Waals surface area contributed by atoms with Crippen molar-refractivity contribution >= 4 is 57.6 Å². The molecule has 2 aromatic carbocycles. The zero-order valence-corrected chi connectivity index (χ0v) is 22.7. The lowest BCUT2D eigenvalue weighted by Gasteiger charge is -2.17. The number of carbonyl (C=O) groups is 1. The number of hydrogen-bond donors (Lipinski definition) is 1. The third-order valence-electron chi connectivity index (χ3n) is 6.16. The van der Waals surface area contributed by atoms with Gasteiger partial charge in [0, 0.05) is 31.9 Å². The van der Waals surface area contributed by atoms with Crippen LogP contribution in [0.15, 0.2) is 64.1 Å². The number of pyridine rings is 1. The largest absolute Gasteiger partial charge is 0.611 e. The first-order valence-electron chi connectivity index (χ1n) is 11.5. The minimum Gasteiger partial charge on any atom is -0.611 e. The molecule has 1 aliphatic carbocycles. The molecule has 0 spiro atoms. The predicted octanol–water partition coefficient (Wildman–Crippen LogP) is 6.48. The van der Waals surface area contributed by atoms with E-state index in [4.69, 9.17) is 39.3 Å². The van der Waals surface area contributed by atoms with Crippen molar-refractivity contribution in [3.63, 3.8) is 0 Å². The number of nitrogens with zero attached hydrogens (tertiary/aromatic N) is 3. The molecule has 0 radical (unpaired) electrons. The Labute approximate surface area is 231 Å². The molecule has 0 aliphatic heterocycles. The molecule has 1 amide bonds. The predicted molar refractivity (Wildman–Crippen MR) is 145 cm³/mol. The summed E-state index contributed by atoms with van der Waals surface area (Å²) in [6, 6.07) is 13.9. The second kappa shape index (κ2) is 10.6. The smallest absolute Gasteiger partial charge is 0.257 e. The third kappa shape index (κ3) is 5.49. The summed E-state index contributed by atoms with van der Waals surface area (Å²) in [4.78, 5) is 22.1. The lowest BCUT2D eigenvalue weighted by molar-refractivity contribution is -0.115. The first kappa shape index (κ1) is 26.0. The fourth-order valence-electron chi connectivity index (χ4n) is 4.13. The molecular formula is C26H21Cl3N4O3S. The second-order valence-corrected chi connectivity index (χ2v) is 11.7. The summed E-state index contributed by atoms with van der Waals surface area (Å²) in [5.41, 5.74) is 1.96. The highest BCUT2D eigenvalue weighted by atomic mass is 35.5. The molecular weight excluding hydrogens is 555 g/mol. The lowest BCUT2D eigenvalue weighted by Crippen LogP contribution is -2.17.